The van der Waals surface area contributed by atoms with Crippen LogP contribution in [-0.4, -0.2) is 17.4 Å². The molecule has 100 valence electrons. The second-order valence-electron chi connectivity index (χ2n) is 5.34. The fourth-order valence-electron chi connectivity index (χ4n) is 2.08. The molecule has 0 saturated heterocycles. The zero-order valence-corrected chi connectivity index (χ0v) is 11.6. The zero-order valence-electron chi connectivity index (χ0n) is 11.6. The van der Waals surface area contributed by atoms with Crippen molar-refractivity contribution < 1.29 is 4.79 Å². The van der Waals surface area contributed by atoms with Gasteiger partial charge in [-0.25, -0.2) is 4.98 Å². The second-order valence-corrected chi connectivity index (χ2v) is 5.34. The first kappa shape index (κ1) is 14.5. The fraction of sp³-hybridized carbons (Fsp3) is 0.571. The van der Waals surface area contributed by atoms with Crippen LogP contribution in [0.2, 0.25) is 0 Å². The summed E-state index contributed by atoms with van der Waals surface area (Å²) in [5, 5.41) is 2.94. The Kier molecular flexibility index (Phi) is 5.13. The summed E-state index contributed by atoms with van der Waals surface area (Å²) in [5.74, 6) is 1.43. The smallest absolute Gasteiger partial charge is 0.269 e. The third-order valence-electron chi connectivity index (χ3n) is 3.23. The lowest BCUT2D eigenvalue weighted by molar-refractivity contribution is 0.0932. The van der Waals surface area contributed by atoms with E-state index in [0.29, 0.717) is 35.7 Å². The van der Waals surface area contributed by atoms with Crippen molar-refractivity contribution in [1.29, 1.82) is 0 Å². The van der Waals surface area contributed by atoms with Crippen molar-refractivity contribution >= 4 is 11.6 Å². The Labute approximate surface area is 109 Å². The van der Waals surface area contributed by atoms with E-state index in [-0.39, 0.29) is 5.91 Å². The van der Waals surface area contributed by atoms with Gasteiger partial charge in [0.1, 0.15) is 5.69 Å². The Morgan fingerprint density at radius 2 is 1.89 bits per heavy atom. The molecule has 1 heterocycles. The molecule has 3 N–H and O–H groups in total. The summed E-state index contributed by atoms with van der Waals surface area (Å²) in [5.41, 5.74) is 6.51. The molecule has 0 spiro atoms. The molecule has 4 heteroatoms. The first-order chi connectivity index (χ1) is 8.41. The van der Waals surface area contributed by atoms with Gasteiger partial charge in [-0.3, -0.25) is 4.79 Å². The van der Waals surface area contributed by atoms with Gasteiger partial charge in [0, 0.05) is 6.54 Å². The lowest BCUT2D eigenvalue weighted by atomic mass is 9.85. The molecule has 0 aliphatic rings. The van der Waals surface area contributed by atoms with Gasteiger partial charge < -0.3 is 11.1 Å². The molecule has 1 rings (SSSR count). The largest absolute Gasteiger partial charge is 0.397 e. The number of pyridine rings is 1. The van der Waals surface area contributed by atoms with Crippen molar-refractivity contribution in [2.75, 3.05) is 12.3 Å². The number of carbonyl (C=O) groups excluding carboxylic acids is 1. The number of hydrogen-bond acceptors (Lipinski definition) is 3. The van der Waals surface area contributed by atoms with Crippen LogP contribution in [0.5, 0.6) is 0 Å². The maximum Gasteiger partial charge on any atom is 0.269 e. The number of nitrogens with zero attached hydrogens (tertiary/aromatic N) is 1. The minimum Gasteiger partial charge on any atom is -0.397 e. The van der Waals surface area contributed by atoms with Gasteiger partial charge in [-0.15, -0.1) is 0 Å². The van der Waals surface area contributed by atoms with Crippen LogP contribution >= 0.6 is 0 Å². The average molecular weight is 249 g/mol. The van der Waals surface area contributed by atoms with Gasteiger partial charge in [0.15, 0.2) is 0 Å². The number of aromatic nitrogens is 1. The van der Waals surface area contributed by atoms with Crippen LogP contribution in [0.4, 0.5) is 5.69 Å². The lowest BCUT2D eigenvalue weighted by Crippen LogP contribution is -2.34. The van der Waals surface area contributed by atoms with Crippen molar-refractivity contribution in [3.63, 3.8) is 0 Å². The van der Waals surface area contributed by atoms with Crippen LogP contribution in [-0.2, 0) is 0 Å². The Hall–Kier alpha value is -1.58. The number of nitrogens with one attached hydrogen (secondary N) is 1. The summed E-state index contributed by atoms with van der Waals surface area (Å²) in [6.45, 7) is 9.40. The number of hydrogen-bond donors (Lipinski definition) is 2. The molecule has 0 atom stereocenters. The third-order valence-corrected chi connectivity index (χ3v) is 3.23. The van der Waals surface area contributed by atoms with Crippen LogP contribution in [0, 0.1) is 17.8 Å². The molecule has 0 aliphatic carbocycles. The minimum absolute atomic E-state index is 0.138. The van der Waals surface area contributed by atoms with Gasteiger partial charge in [0.2, 0.25) is 0 Å². The molecule has 0 bridgehead atoms. The number of amides is 1. The molecule has 1 aromatic rings. The van der Waals surface area contributed by atoms with Crippen molar-refractivity contribution in [2.45, 2.75) is 27.7 Å². The second kappa shape index (κ2) is 6.38. The predicted molar refractivity (Wildman–Crippen MR) is 74.1 cm³/mol. The number of rotatable bonds is 5. The SMILES string of the molecule is CC(C)C(CNC(=O)c1ccc(N)cn1)C(C)C. The maximum atomic E-state index is 11.9. The number of carbonyl (C=O) groups is 1. The molecule has 1 aromatic heterocycles. The quantitative estimate of drug-likeness (QED) is 0.841. The predicted octanol–water partition coefficient (Wildman–Crippen LogP) is 2.32. The van der Waals surface area contributed by atoms with Gasteiger partial charge >= 0.3 is 0 Å². The van der Waals surface area contributed by atoms with E-state index in [1.54, 1.807) is 12.1 Å². The Balaban J connectivity index is 2.57. The first-order valence-corrected chi connectivity index (χ1v) is 6.41. The van der Waals surface area contributed by atoms with Crippen molar-refractivity contribution in [1.82, 2.24) is 10.3 Å². The van der Waals surface area contributed by atoms with Crippen LogP contribution < -0.4 is 11.1 Å². The van der Waals surface area contributed by atoms with Crippen LogP contribution in [0.15, 0.2) is 18.3 Å². The third kappa shape index (κ3) is 4.02. The maximum absolute atomic E-state index is 11.9. The Morgan fingerprint density at radius 1 is 1.28 bits per heavy atom. The topological polar surface area (TPSA) is 68.0 Å². The Morgan fingerprint density at radius 3 is 2.33 bits per heavy atom. The summed E-state index contributed by atoms with van der Waals surface area (Å²) < 4.78 is 0. The van der Waals surface area contributed by atoms with Gasteiger partial charge in [-0.1, -0.05) is 27.7 Å². The van der Waals surface area contributed by atoms with Gasteiger partial charge in [-0.2, -0.15) is 0 Å². The van der Waals surface area contributed by atoms with E-state index in [1.165, 1.54) is 6.20 Å². The molecule has 0 aromatic carbocycles. The highest BCUT2D eigenvalue weighted by atomic mass is 16.1. The van der Waals surface area contributed by atoms with E-state index >= 15 is 0 Å². The average Bonchev–Trinajstić information content (AvgIpc) is 2.28. The molecule has 0 unspecified atom stereocenters. The van der Waals surface area contributed by atoms with E-state index < -0.39 is 0 Å². The molecule has 18 heavy (non-hydrogen) atoms. The van der Waals surface area contributed by atoms with E-state index in [4.69, 9.17) is 5.73 Å². The summed E-state index contributed by atoms with van der Waals surface area (Å²) >= 11 is 0. The summed E-state index contributed by atoms with van der Waals surface area (Å²) in [7, 11) is 0. The van der Waals surface area contributed by atoms with Gasteiger partial charge in [0.05, 0.1) is 11.9 Å². The first-order valence-electron chi connectivity index (χ1n) is 6.41. The highest BCUT2D eigenvalue weighted by molar-refractivity contribution is 5.92. The van der Waals surface area contributed by atoms with Crippen LogP contribution in [0.1, 0.15) is 38.2 Å². The number of anilines is 1. The molecular weight excluding hydrogens is 226 g/mol. The lowest BCUT2D eigenvalue weighted by Gasteiger charge is -2.24. The van der Waals surface area contributed by atoms with Crippen molar-refractivity contribution in [3.8, 4) is 0 Å². The highest BCUT2D eigenvalue weighted by Crippen LogP contribution is 2.19. The Bertz CT molecular complexity index is 377. The van der Waals surface area contributed by atoms with E-state index in [2.05, 4.69) is 38.0 Å². The molecule has 0 fully saturated rings. The summed E-state index contributed by atoms with van der Waals surface area (Å²) in [6.07, 6.45) is 1.50. The summed E-state index contributed by atoms with van der Waals surface area (Å²) in [6, 6.07) is 3.33. The zero-order chi connectivity index (χ0) is 13.7. The standard InChI is InChI=1S/C14H23N3O/c1-9(2)12(10(3)4)8-17-14(18)13-6-5-11(15)7-16-13/h5-7,9-10,12H,8,15H2,1-4H3,(H,17,18). The molecule has 0 saturated carbocycles. The minimum atomic E-state index is -0.138. The number of nitrogens with two attached hydrogens (primary N) is 1. The van der Waals surface area contributed by atoms with E-state index in [1.807, 2.05) is 0 Å². The normalized spacial score (nSPS) is 11.3. The molecule has 0 radical (unpaired) electrons. The molecular formula is C14H23N3O. The van der Waals surface area contributed by atoms with Crippen LogP contribution in [0.3, 0.4) is 0 Å². The monoisotopic (exact) mass is 249 g/mol. The highest BCUT2D eigenvalue weighted by Gasteiger charge is 2.18. The van der Waals surface area contributed by atoms with E-state index in [0.717, 1.165) is 0 Å². The summed E-state index contributed by atoms with van der Waals surface area (Å²) in [4.78, 5) is 15.9. The molecule has 1 amide bonds. The molecule has 4 nitrogen and oxygen atoms in total. The van der Waals surface area contributed by atoms with Crippen LogP contribution in [0.25, 0.3) is 0 Å². The van der Waals surface area contributed by atoms with Gasteiger partial charge in [-0.05, 0) is 29.9 Å². The molecule has 0 aliphatic heterocycles. The van der Waals surface area contributed by atoms with E-state index in [9.17, 15) is 4.79 Å². The number of nitrogen functional groups attached to an aromatic ring is 1. The van der Waals surface area contributed by atoms with Crippen molar-refractivity contribution in [3.05, 3.63) is 24.0 Å². The van der Waals surface area contributed by atoms with Gasteiger partial charge in [0.25, 0.3) is 5.91 Å². The van der Waals surface area contributed by atoms with Crippen molar-refractivity contribution in [2.24, 2.45) is 17.8 Å². The fourth-order valence-corrected chi connectivity index (χ4v) is 2.08.